The van der Waals surface area contributed by atoms with E-state index in [2.05, 4.69) is 10.3 Å². The molecule has 3 rings (SSSR count). The van der Waals surface area contributed by atoms with Crippen molar-refractivity contribution < 1.29 is 18.3 Å². The summed E-state index contributed by atoms with van der Waals surface area (Å²) in [5.41, 5.74) is 0.510. The number of nitrogens with zero attached hydrogens (tertiary/aromatic N) is 3. The third-order valence-corrected chi connectivity index (χ3v) is 3.99. The van der Waals surface area contributed by atoms with E-state index in [0.29, 0.717) is 25.3 Å². The lowest BCUT2D eigenvalue weighted by atomic mass is 10.1. The largest absolute Gasteiger partial charge is 0.370 e. The molecule has 128 valence electrons. The van der Waals surface area contributed by atoms with E-state index in [9.17, 15) is 13.6 Å². The number of carbonyl (C=O) groups excluding carboxylic acids is 1. The van der Waals surface area contributed by atoms with Gasteiger partial charge >= 0.3 is 6.03 Å². The van der Waals surface area contributed by atoms with Crippen molar-refractivity contribution in [2.24, 2.45) is 7.05 Å². The lowest BCUT2D eigenvalue weighted by molar-refractivity contribution is -0.0156. The maximum atomic E-state index is 13.4. The number of ether oxygens (including phenoxy) is 1. The molecule has 0 spiro atoms. The molecule has 1 aromatic heterocycles. The number of amides is 2. The summed E-state index contributed by atoms with van der Waals surface area (Å²) in [5, 5.41) is 2.80. The van der Waals surface area contributed by atoms with Crippen molar-refractivity contribution in [3.63, 3.8) is 0 Å². The van der Waals surface area contributed by atoms with Gasteiger partial charge in [-0.3, -0.25) is 0 Å². The second-order valence-corrected chi connectivity index (χ2v) is 5.59. The first-order valence-corrected chi connectivity index (χ1v) is 7.60. The van der Waals surface area contributed by atoms with Gasteiger partial charge in [-0.25, -0.2) is 18.6 Å². The predicted octanol–water partition coefficient (Wildman–Crippen LogP) is 1.98. The minimum atomic E-state index is -0.924. The van der Waals surface area contributed by atoms with Gasteiger partial charge in [-0.15, -0.1) is 0 Å². The standard InChI is InChI=1S/C16H18F2N4O2/c1-21-5-4-19-15(21)9-20-16(23)22-6-7-24-14(10-22)11-2-3-12(17)13(18)8-11/h2-5,8,14H,6-7,9-10H2,1H3,(H,20,23)/t14-/m1/s1. The van der Waals surface area contributed by atoms with Crippen molar-refractivity contribution in [2.75, 3.05) is 19.7 Å². The first-order chi connectivity index (χ1) is 11.5. The molecule has 1 atom stereocenters. The highest BCUT2D eigenvalue weighted by Crippen LogP contribution is 2.23. The van der Waals surface area contributed by atoms with Crippen LogP contribution in [0.25, 0.3) is 0 Å². The first kappa shape index (κ1) is 16.4. The van der Waals surface area contributed by atoms with Crippen LogP contribution in [-0.2, 0) is 18.3 Å². The van der Waals surface area contributed by atoms with Crippen molar-refractivity contribution in [1.29, 1.82) is 0 Å². The molecule has 1 N–H and O–H groups in total. The molecule has 0 unspecified atom stereocenters. The molecule has 24 heavy (non-hydrogen) atoms. The highest BCUT2D eigenvalue weighted by atomic mass is 19.2. The topological polar surface area (TPSA) is 59.4 Å². The van der Waals surface area contributed by atoms with Crippen LogP contribution in [0.15, 0.2) is 30.6 Å². The average molecular weight is 336 g/mol. The molecule has 1 aliphatic heterocycles. The number of carbonyl (C=O) groups is 1. The van der Waals surface area contributed by atoms with Crippen molar-refractivity contribution in [1.82, 2.24) is 19.8 Å². The van der Waals surface area contributed by atoms with Gasteiger partial charge in [0.25, 0.3) is 0 Å². The molecular formula is C16H18F2N4O2. The molecule has 1 aromatic carbocycles. The van der Waals surface area contributed by atoms with Gasteiger partial charge in [0.05, 0.1) is 19.7 Å². The van der Waals surface area contributed by atoms with Crippen LogP contribution in [-0.4, -0.2) is 40.2 Å². The molecule has 0 radical (unpaired) electrons. The average Bonchev–Trinajstić information content (AvgIpc) is 3.00. The third-order valence-electron chi connectivity index (χ3n) is 3.99. The molecule has 1 aliphatic rings. The van der Waals surface area contributed by atoms with E-state index in [1.54, 1.807) is 17.3 Å². The SMILES string of the molecule is Cn1ccnc1CNC(=O)N1CCO[C@@H](c2ccc(F)c(F)c2)C1. The highest BCUT2D eigenvalue weighted by Gasteiger charge is 2.26. The molecule has 2 amide bonds. The monoisotopic (exact) mass is 336 g/mol. The van der Waals surface area contributed by atoms with E-state index in [-0.39, 0.29) is 12.6 Å². The Bertz CT molecular complexity index is 735. The molecule has 8 heteroatoms. The molecular weight excluding hydrogens is 318 g/mol. The summed E-state index contributed by atoms with van der Waals surface area (Å²) in [5.74, 6) is -1.08. The summed E-state index contributed by atoms with van der Waals surface area (Å²) in [6.07, 6.45) is 2.98. The van der Waals surface area contributed by atoms with E-state index in [1.165, 1.54) is 6.07 Å². The van der Waals surface area contributed by atoms with Crippen molar-refractivity contribution >= 4 is 6.03 Å². The van der Waals surface area contributed by atoms with Gasteiger partial charge in [0.15, 0.2) is 11.6 Å². The molecule has 1 fully saturated rings. The predicted molar refractivity (Wildman–Crippen MR) is 82.1 cm³/mol. The van der Waals surface area contributed by atoms with E-state index in [0.717, 1.165) is 18.0 Å². The minimum Gasteiger partial charge on any atom is -0.370 e. The number of aryl methyl sites for hydroxylation is 1. The number of rotatable bonds is 3. The zero-order chi connectivity index (χ0) is 17.1. The highest BCUT2D eigenvalue weighted by molar-refractivity contribution is 5.74. The van der Waals surface area contributed by atoms with E-state index in [1.807, 2.05) is 11.6 Å². The first-order valence-electron chi connectivity index (χ1n) is 7.60. The Morgan fingerprint density at radius 3 is 2.96 bits per heavy atom. The summed E-state index contributed by atoms with van der Waals surface area (Å²) >= 11 is 0. The molecule has 0 bridgehead atoms. The van der Waals surface area contributed by atoms with Crippen LogP contribution < -0.4 is 5.32 Å². The fourth-order valence-corrected chi connectivity index (χ4v) is 2.58. The minimum absolute atomic E-state index is 0.242. The quantitative estimate of drug-likeness (QED) is 0.932. The van der Waals surface area contributed by atoms with Gasteiger partial charge in [0, 0.05) is 26.0 Å². The molecule has 1 saturated heterocycles. The summed E-state index contributed by atoms with van der Waals surface area (Å²) in [4.78, 5) is 18.0. The number of benzene rings is 1. The number of imidazole rings is 1. The molecule has 2 aromatic rings. The van der Waals surface area contributed by atoms with Gasteiger partial charge in [-0.05, 0) is 17.7 Å². The normalized spacial score (nSPS) is 17.8. The van der Waals surface area contributed by atoms with Crippen LogP contribution in [0, 0.1) is 11.6 Å². The number of hydrogen-bond acceptors (Lipinski definition) is 3. The van der Waals surface area contributed by atoms with Gasteiger partial charge in [0.1, 0.15) is 11.9 Å². The van der Waals surface area contributed by atoms with Crippen LogP contribution in [0.4, 0.5) is 13.6 Å². The number of urea groups is 1. The van der Waals surface area contributed by atoms with E-state index < -0.39 is 17.7 Å². The van der Waals surface area contributed by atoms with Crippen LogP contribution >= 0.6 is 0 Å². The van der Waals surface area contributed by atoms with Gasteiger partial charge in [-0.2, -0.15) is 0 Å². The van der Waals surface area contributed by atoms with Crippen molar-refractivity contribution in [3.05, 3.63) is 53.6 Å². The van der Waals surface area contributed by atoms with Gasteiger partial charge in [0.2, 0.25) is 0 Å². The van der Waals surface area contributed by atoms with Gasteiger partial charge in [-0.1, -0.05) is 6.07 Å². The third kappa shape index (κ3) is 3.53. The zero-order valence-corrected chi connectivity index (χ0v) is 13.2. The molecule has 0 aliphatic carbocycles. The molecule has 2 heterocycles. The summed E-state index contributed by atoms with van der Waals surface area (Å²) in [6, 6.07) is 3.40. The lowest BCUT2D eigenvalue weighted by Crippen LogP contribution is -2.47. The maximum absolute atomic E-state index is 13.4. The Morgan fingerprint density at radius 1 is 1.42 bits per heavy atom. The van der Waals surface area contributed by atoms with Gasteiger partial charge < -0.3 is 19.5 Å². The Kier molecular flexibility index (Phi) is 4.75. The second-order valence-electron chi connectivity index (χ2n) is 5.59. The van der Waals surface area contributed by atoms with Crippen molar-refractivity contribution in [2.45, 2.75) is 12.6 Å². The number of aromatic nitrogens is 2. The van der Waals surface area contributed by atoms with Crippen LogP contribution in [0.1, 0.15) is 17.5 Å². The summed E-state index contributed by atoms with van der Waals surface area (Å²) < 4.78 is 33.8. The number of nitrogens with one attached hydrogen (secondary N) is 1. The number of morpholine rings is 1. The smallest absolute Gasteiger partial charge is 0.317 e. The molecule has 0 saturated carbocycles. The maximum Gasteiger partial charge on any atom is 0.317 e. The fourth-order valence-electron chi connectivity index (χ4n) is 2.58. The lowest BCUT2D eigenvalue weighted by Gasteiger charge is -2.33. The van der Waals surface area contributed by atoms with E-state index in [4.69, 9.17) is 4.74 Å². The fraction of sp³-hybridized carbons (Fsp3) is 0.375. The Hall–Kier alpha value is -2.48. The van der Waals surface area contributed by atoms with Crippen LogP contribution in [0.3, 0.4) is 0 Å². The Balaban J connectivity index is 1.61. The Labute approximate surface area is 138 Å². The van der Waals surface area contributed by atoms with Crippen LogP contribution in [0.2, 0.25) is 0 Å². The summed E-state index contributed by atoms with van der Waals surface area (Å²) in [6.45, 7) is 1.36. The van der Waals surface area contributed by atoms with E-state index >= 15 is 0 Å². The molecule has 6 nitrogen and oxygen atoms in total. The van der Waals surface area contributed by atoms with Crippen LogP contribution in [0.5, 0.6) is 0 Å². The van der Waals surface area contributed by atoms with Crippen molar-refractivity contribution in [3.8, 4) is 0 Å². The second kappa shape index (κ2) is 6.96. The Morgan fingerprint density at radius 2 is 2.25 bits per heavy atom. The number of halogens is 2. The zero-order valence-electron chi connectivity index (χ0n) is 13.2. The number of hydrogen-bond donors (Lipinski definition) is 1. The summed E-state index contributed by atoms with van der Waals surface area (Å²) in [7, 11) is 1.85.